The van der Waals surface area contributed by atoms with E-state index in [9.17, 15) is 27.6 Å². The average Bonchev–Trinajstić information content (AvgIpc) is 3.70. The summed E-state index contributed by atoms with van der Waals surface area (Å²) in [6, 6.07) is 16.3. The second kappa shape index (κ2) is 11.4. The fourth-order valence-electron chi connectivity index (χ4n) is 7.10. The van der Waals surface area contributed by atoms with E-state index in [-0.39, 0.29) is 25.3 Å². The maximum absolute atomic E-state index is 14.4. The normalized spacial score (nSPS) is 19.9. The predicted octanol–water partition coefficient (Wildman–Crippen LogP) is 4.88. The first-order valence-electron chi connectivity index (χ1n) is 14.8. The number of anilines is 2. The molecule has 0 saturated heterocycles. The summed E-state index contributed by atoms with van der Waals surface area (Å²) in [6.07, 6.45) is -2.14. The molecule has 1 spiro atoms. The Labute approximate surface area is 253 Å². The summed E-state index contributed by atoms with van der Waals surface area (Å²) >= 11 is 0. The quantitative estimate of drug-likeness (QED) is 0.340. The van der Waals surface area contributed by atoms with Gasteiger partial charge in [-0.3, -0.25) is 14.4 Å². The first kappa shape index (κ1) is 29.8. The van der Waals surface area contributed by atoms with Crippen molar-refractivity contribution in [3.8, 4) is 0 Å². The monoisotopic (exact) mass is 605 g/mol. The number of carbonyl (C=O) groups is 3. The maximum atomic E-state index is 14.4. The standard InChI is InChI=1S/C33H34F3N5O3/c1-37-18-22-7-2-3-8-23(22)19-41(30(44)32(33(34,35)36)12-4-5-13-32)20-27(42)39-25-11-10-21-16-31(17-24(21)15-25)26-9-6-14-38-28(26)40-29(31)43/h2-3,6-11,14-15,37H,4-5,12-13,16-20H2,1H3,(H,39,42)(H,38,40,43)/t31-/m1/s1. The van der Waals surface area contributed by atoms with Crippen LogP contribution in [-0.4, -0.2) is 47.4 Å². The van der Waals surface area contributed by atoms with Gasteiger partial charge in [-0.15, -0.1) is 0 Å². The Hall–Kier alpha value is -4.25. The highest BCUT2D eigenvalue weighted by atomic mass is 19.4. The molecule has 230 valence electrons. The molecule has 8 nitrogen and oxygen atoms in total. The highest BCUT2D eigenvalue weighted by molar-refractivity contribution is 6.06. The molecule has 1 aliphatic heterocycles. The van der Waals surface area contributed by atoms with Crippen LogP contribution in [0.4, 0.5) is 24.7 Å². The van der Waals surface area contributed by atoms with Crippen molar-refractivity contribution < 1.29 is 27.6 Å². The van der Waals surface area contributed by atoms with Crippen LogP contribution < -0.4 is 16.0 Å². The second-order valence-electron chi connectivity index (χ2n) is 12.1. The molecule has 6 rings (SSSR count). The van der Waals surface area contributed by atoms with Gasteiger partial charge in [-0.2, -0.15) is 13.2 Å². The molecule has 0 unspecified atom stereocenters. The lowest BCUT2D eigenvalue weighted by molar-refractivity contribution is -0.226. The maximum Gasteiger partial charge on any atom is 0.403 e. The van der Waals surface area contributed by atoms with E-state index >= 15 is 0 Å². The molecule has 44 heavy (non-hydrogen) atoms. The van der Waals surface area contributed by atoms with Crippen molar-refractivity contribution in [1.29, 1.82) is 0 Å². The summed E-state index contributed by atoms with van der Waals surface area (Å²) < 4.78 is 43.3. The van der Waals surface area contributed by atoms with Crippen LogP contribution in [0.5, 0.6) is 0 Å². The van der Waals surface area contributed by atoms with Gasteiger partial charge < -0.3 is 20.9 Å². The molecule has 11 heteroatoms. The molecule has 0 radical (unpaired) electrons. The van der Waals surface area contributed by atoms with Crippen molar-refractivity contribution >= 4 is 29.2 Å². The number of carbonyl (C=O) groups excluding carboxylic acids is 3. The van der Waals surface area contributed by atoms with Gasteiger partial charge in [0.05, 0.1) is 5.41 Å². The summed E-state index contributed by atoms with van der Waals surface area (Å²) in [6.45, 7) is -0.200. The van der Waals surface area contributed by atoms with Gasteiger partial charge in [0.15, 0.2) is 0 Å². The number of rotatable bonds is 8. The molecular weight excluding hydrogens is 571 g/mol. The molecule has 3 aliphatic rings. The number of hydrogen-bond acceptors (Lipinski definition) is 5. The van der Waals surface area contributed by atoms with Gasteiger partial charge in [0.25, 0.3) is 0 Å². The third-order valence-electron chi connectivity index (χ3n) is 9.34. The van der Waals surface area contributed by atoms with Gasteiger partial charge in [-0.25, -0.2) is 4.98 Å². The van der Waals surface area contributed by atoms with Gasteiger partial charge in [-0.1, -0.05) is 49.2 Å². The Bertz CT molecular complexity index is 1620. The smallest absolute Gasteiger partial charge is 0.328 e. The number of amides is 3. The Morgan fingerprint density at radius 2 is 1.73 bits per heavy atom. The lowest BCUT2D eigenvalue weighted by atomic mass is 9.79. The van der Waals surface area contributed by atoms with Gasteiger partial charge in [0.1, 0.15) is 17.8 Å². The summed E-state index contributed by atoms with van der Waals surface area (Å²) in [7, 11) is 1.76. The topological polar surface area (TPSA) is 103 Å². The van der Waals surface area contributed by atoms with Crippen molar-refractivity contribution in [2.24, 2.45) is 5.41 Å². The zero-order chi connectivity index (χ0) is 31.1. The first-order valence-corrected chi connectivity index (χ1v) is 14.8. The SMILES string of the molecule is CNCc1ccccc1CN(CC(=O)Nc1ccc2c(c1)C[C@@]1(C2)C(=O)Nc2ncccc21)C(=O)C1(C(F)(F)F)CCCC1. The third kappa shape index (κ3) is 5.12. The zero-order valence-electron chi connectivity index (χ0n) is 24.4. The summed E-state index contributed by atoms with van der Waals surface area (Å²) in [4.78, 5) is 45.6. The van der Waals surface area contributed by atoms with E-state index in [4.69, 9.17) is 0 Å². The number of fused-ring (bicyclic) bond motifs is 3. The van der Waals surface area contributed by atoms with E-state index in [1.54, 1.807) is 43.6 Å². The van der Waals surface area contributed by atoms with Crippen LogP contribution in [0.15, 0.2) is 60.8 Å². The van der Waals surface area contributed by atoms with Crippen LogP contribution >= 0.6 is 0 Å². The minimum absolute atomic E-state index is 0.119. The van der Waals surface area contributed by atoms with Gasteiger partial charge in [0, 0.05) is 30.5 Å². The summed E-state index contributed by atoms with van der Waals surface area (Å²) in [5.74, 6) is -1.22. The number of nitrogens with zero attached hydrogens (tertiary/aromatic N) is 2. The Kier molecular flexibility index (Phi) is 7.69. The fourth-order valence-corrected chi connectivity index (χ4v) is 7.10. The van der Waals surface area contributed by atoms with Crippen LogP contribution in [0, 0.1) is 5.41 Å². The highest BCUT2D eigenvalue weighted by Crippen LogP contribution is 2.52. The predicted molar refractivity (Wildman–Crippen MR) is 159 cm³/mol. The van der Waals surface area contributed by atoms with Crippen LogP contribution in [0.1, 0.15) is 53.5 Å². The molecule has 1 saturated carbocycles. The number of benzene rings is 2. The van der Waals surface area contributed by atoms with E-state index in [1.807, 2.05) is 24.3 Å². The number of nitrogens with one attached hydrogen (secondary N) is 3. The van der Waals surface area contributed by atoms with E-state index in [0.29, 0.717) is 49.3 Å². The molecule has 3 amide bonds. The van der Waals surface area contributed by atoms with Crippen molar-refractivity contribution in [2.75, 3.05) is 24.2 Å². The molecule has 0 bridgehead atoms. The van der Waals surface area contributed by atoms with E-state index in [2.05, 4.69) is 20.9 Å². The number of halogens is 3. The van der Waals surface area contributed by atoms with Crippen LogP contribution in [0.3, 0.4) is 0 Å². The van der Waals surface area contributed by atoms with Crippen LogP contribution in [-0.2, 0) is 45.7 Å². The first-order chi connectivity index (χ1) is 21.1. The minimum atomic E-state index is -4.73. The summed E-state index contributed by atoms with van der Waals surface area (Å²) in [5, 5.41) is 8.71. The van der Waals surface area contributed by atoms with Gasteiger partial charge >= 0.3 is 6.18 Å². The Morgan fingerprint density at radius 3 is 2.45 bits per heavy atom. The summed E-state index contributed by atoms with van der Waals surface area (Å²) in [5.41, 5.74) is 1.39. The van der Waals surface area contributed by atoms with Crippen LogP contribution in [0.25, 0.3) is 0 Å². The van der Waals surface area contributed by atoms with E-state index in [1.165, 1.54) is 0 Å². The molecule has 3 N–H and O–H groups in total. The van der Waals surface area contributed by atoms with Gasteiger partial charge in [0.2, 0.25) is 17.7 Å². The number of aromatic nitrogens is 1. The second-order valence-corrected chi connectivity index (χ2v) is 12.1. The van der Waals surface area contributed by atoms with Crippen molar-refractivity contribution in [1.82, 2.24) is 15.2 Å². The van der Waals surface area contributed by atoms with Crippen molar-refractivity contribution in [3.63, 3.8) is 0 Å². The molecule has 2 heterocycles. The van der Waals surface area contributed by atoms with Gasteiger partial charge in [-0.05, 0) is 73.2 Å². The lowest BCUT2D eigenvalue weighted by Crippen LogP contribution is -2.52. The number of pyridine rings is 1. The van der Waals surface area contributed by atoms with Crippen molar-refractivity contribution in [2.45, 2.75) is 63.2 Å². The van der Waals surface area contributed by atoms with E-state index in [0.717, 1.165) is 27.2 Å². The molecule has 2 aromatic carbocycles. The Balaban J connectivity index is 1.24. The highest BCUT2D eigenvalue weighted by Gasteiger charge is 2.62. The third-order valence-corrected chi connectivity index (χ3v) is 9.34. The molecule has 1 fully saturated rings. The van der Waals surface area contributed by atoms with E-state index < -0.39 is 35.4 Å². The average molecular weight is 606 g/mol. The number of alkyl halides is 3. The molecule has 2 aliphatic carbocycles. The lowest BCUT2D eigenvalue weighted by Gasteiger charge is -2.36. The number of hydrogen-bond donors (Lipinski definition) is 3. The molecule has 3 aromatic rings. The minimum Gasteiger partial charge on any atom is -0.328 e. The zero-order valence-corrected chi connectivity index (χ0v) is 24.4. The van der Waals surface area contributed by atoms with Crippen LogP contribution in [0.2, 0.25) is 0 Å². The molecule has 1 aromatic heterocycles. The Morgan fingerprint density at radius 1 is 1.00 bits per heavy atom. The molecule has 1 atom stereocenters. The fraction of sp³-hybridized carbons (Fsp3) is 0.394. The molecular formula is C33H34F3N5O3. The largest absolute Gasteiger partial charge is 0.403 e. The van der Waals surface area contributed by atoms with Crippen molar-refractivity contribution in [3.05, 3.63) is 88.6 Å².